The van der Waals surface area contributed by atoms with Crippen molar-refractivity contribution in [2.75, 3.05) is 19.6 Å². The SMILES string of the molecule is Cn1ccnc1C1CNCCN1C(=O)c1ccc(Cl)cc1[N+](=O)[O-]. The van der Waals surface area contributed by atoms with E-state index in [1.807, 2.05) is 11.6 Å². The molecule has 0 radical (unpaired) electrons. The minimum absolute atomic E-state index is 0.0329. The lowest BCUT2D eigenvalue weighted by Gasteiger charge is -2.35. The fourth-order valence-electron chi connectivity index (χ4n) is 2.87. The van der Waals surface area contributed by atoms with Gasteiger partial charge in [-0.1, -0.05) is 11.6 Å². The van der Waals surface area contributed by atoms with E-state index in [1.165, 1.54) is 18.2 Å². The molecule has 2 heterocycles. The van der Waals surface area contributed by atoms with Gasteiger partial charge in [0.05, 0.1) is 4.92 Å². The van der Waals surface area contributed by atoms with Crippen LogP contribution in [0.2, 0.25) is 5.02 Å². The van der Waals surface area contributed by atoms with Crippen LogP contribution in [0.5, 0.6) is 0 Å². The van der Waals surface area contributed by atoms with Gasteiger partial charge < -0.3 is 14.8 Å². The Morgan fingerprint density at radius 2 is 2.29 bits per heavy atom. The molecule has 126 valence electrons. The van der Waals surface area contributed by atoms with Crippen molar-refractivity contribution in [1.82, 2.24) is 19.8 Å². The van der Waals surface area contributed by atoms with Crippen LogP contribution in [-0.4, -0.2) is 44.9 Å². The Hall–Kier alpha value is -2.45. The number of aromatic nitrogens is 2. The van der Waals surface area contributed by atoms with Crippen molar-refractivity contribution in [2.24, 2.45) is 7.05 Å². The summed E-state index contributed by atoms with van der Waals surface area (Å²) in [5.41, 5.74) is -0.255. The number of amides is 1. The summed E-state index contributed by atoms with van der Waals surface area (Å²) in [5.74, 6) is 0.333. The largest absolute Gasteiger partial charge is 0.336 e. The number of nitrogens with zero attached hydrogens (tertiary/aromatic N) is 4. The second-order valence-electron chi connectivity index (χ2n) is 5.53. The van der Waals surface area contributed by atoms with Crippen LogP contribution >= 0.6 is 11.6 Å². The molecule has 1 N–H and O–H groups in total. The molecule has 1 aromatic heterocycles. The van der Waals surface area contributed by atoms with Crippen molar-refractivity contribution in [2.45, 2.75) is 6.04 Å². The minimum atomic E-state index is -0.586. The second-order valence-corrected chi connectivity index (χ2v) is 5.97. The highest BCUT2D eigenvalue weighted by Crippen LogP contribution is 2.28. The van der Waals surface area contributed by atoms with Crippen LogP contribution in [0, 0.1) is 10.1 Å². The zero-order chi connectivity index (χ0) is 17.3. The number of aryl methyl sites for hydroxylation is 1. The number of nitro benzene ring substituents is 1. The highest BCUT2D eigenvalue weighted by molar-refractivity contribution is 6.31. The lowest BCUT2D eigenvalue weighted by atomic mass is 10.1. The van der Waals surface area contributed by atoms with E-state index in [0.29, 0.717) is 19.6 Å². The van der Waals surface area contributed by atoms with Gasteiger partial charge in [0.15, 0.2) is 0 Å². The van der Waals surface area contributed by atoms with Crippen LogP contribution in [0.15, 0.2) is 30.6 Å². The van der Waals surface area contributed by atoms with E-state index in [2.05, 4.69) is 10.3 Å². The molecule has 9 heteroatoms. The van der Waals surface area contributed by atoms with Crippen LogP contribution in [-0.2, 0) is 7.05 Å². The standard InChI is InChI=1S/C15H16ClN5O3/c1-19-6-5-18-14(19)13-9-17-4-7-20(13)15(22)11-3-2-10(16)8-12(11)21(23)24/h2-3,5-6,8,13,17H,4,7,9H2,1H3. The summed E-state index contributed by atoms with van der Waals surface area (Å²) in [4.78, 5) is 29.6. The number of hydrogen-bond donors (Lipinski definition) is 1. The van der Waals surface area contributed by atoms with Gasteiger partial charge in [-0.25, -0.2) is 4.98 Å². The summed E-state index contributed by atoms with van der Waals surface area (Å²) in [7, 11) is 1.85. The first-order valence-corrected chi connectivity index (χ1v) is 7.79. The van der Waals surface area contributed by atoms with Gasteiger partial charge >= 0.3 is 0 Å². The molecule has 0 spiro atoms. The Labute approximate surface area is 143 Å². The molecule has 8 nitrogen and oxygen atoms in total. The number of halogens is 1. The summed E-state index contributed by atoms with van der Waals surface area (Å²) < 4.78 is 1.84. The van der Waals surface area contributed by atoms with Crippen LogP contribution in [0.1, 0.15) is 22.2 Å². The van der Waals surface area contributed by atoms with Crippen molar-refractivity contribution < 1.29 is 9.72 Å². The molecule has 0 bridgehead atoms. The zero-order valence-electron chi connectivity index (χ0n) is 13.0. The number of carbonyl (C=O) groups excluding carboxylic acids is 1. The molecule has 24 heavy (non-hydrogen) atoms. The number of carbonyl (C=O) groups is 1. The molecule has 1 saturated heterocycles. The van der Waals surface area contributed by atoms with Crippen LogP contribution < -0.4 is 5.32 Å². The van der Waals surface area contributed by atoms with Gasteiger partial charge in [-0.3, -0.25) is 14.9 Å². The number of nitrogens with one attached hydrogen (secondary N) is 1. The third-order valence-electron chi connectivity index (χ3n) is 4.05. The number of benzene rings is 1. The highest BCUT2D eigenvalue weighted by Gasteiger charge is 2.34. The first-order chi connectivity index (χ1) is 11.5. The second kappa shape index (κ2) is 6.58. The van der Waals surface area contributed by atoms with Gasteiger partial charge in [0.25, 0.3) is 11.6 Å². The molecule has 0 saturated carbocycles. The van der Waals surface area contributed by atoms with Crippen molar-refractivity contribution in [3.05, 3.63) is 57.1 Å². The average molecular weight is 350 g/mol. The Morgan fingerprint density at radius 3 is 2.96 bits per heavy atom. The normalized spacial score (nSPS) is 17.8. The maximum atomic E-state index is 13.0. The number of nitro groups is 1. The lowest BCUT2D eigenvalue weighted by molar-refractivity contribution is -0.385. The molecule has 2 aromatic rings. The molecule has 1 aliphatic rings. The summed E-state index contributed by atoms with van der Waals surface area (Å²) in [5, 5.41) is 14.7. The molecular weight excluding hydrogens is 334 g/mol. The zero-order valence-corrected chi connectivity index (χ0v) is 13.7. The third kappa shape index (κ3) is 2.98. The highest BCUT2D eigenvalue weighted by atomic mass is 35.5. The van der Waals surface area contributed by atoms with E-state index in [4.69, 9.17) is 11.6 Å². The predicted molar refractivity (Wildman–Crippen MR) is 88.0 cm³/mol. The van der Waals surface area contributed by atoms with E-state index >= 15 is 0 Å². The van der Waals surface area contributed by atoms with Gasteiger partial charge in [-0.2, -0.15) is 0 Å². The Morgan fingerprint density at radius 1 is 1.50 bits per heavy atom. The summed E-state index contributed by atoms with van der Waals surface area (Å²) in [6, 6.07) is 3.80. The number of rotatable bonds is 3. The van der Waals surface area contributed by atoms with E-state index in [1.54, 1.807) is 17.3 Å². The molecule has 0 aliphatic carbocycles. The van der Waals surface area contributed by atoms with Crippen LogP contribution in [0.3, 0.4) is 0 Å². The van der Waals surface area contributed by atoms with Gasteiger partial charge in [0, 0.05) is 50.2 Å². The lowest BCUT2D eigenvalue weighted by Crippen LogP contribution is -2.49. The molecule has 1 unspecified atom stereocenters. The fourth-order valence-corrected chi connectivity index (χ4v) is 3.03. The molecule has 1 atom stereocenters. The van der Waals surface area contributed by atoms with Crippen molar-refractivity contribution in [3.63, 3.8) is 0 Å². The number of piperazine rings is 1. The van der Waals surface area contributed by atoms with E-state index < -0.39 is 10.8 Å². The Bertz CT molecular complexity index is 791. The number of hydrogen-bond acceptors (Lipinski definition) is 5. The monoisotopic (exact) mass is 349 g/mol. The fraction of sp³-hybridized carbons (Fsp3) is 0.333. The van der Waals surface area contributed by atoms with Crippen molar-refractivity contribution in [3.8, 4) is 0 Å². The Balaban J connectivity index is 1.99. The van der Waals surface area contributed by atoms with Crippen molar-refractivity contribution in [1.29, 1.82) is 0 Å². The van der Waals surface area contributed by atoms with Gasteiger partial charge in [0.2, 0.25) is 0 Å². The first-order valence-electron chi connectivity index (χ1n) is 7.42. The molecule has 1 aromatic carbocycles. The molecular formula is C15H16ClN5O3. The minimum Gasteiger partial charge on any atom is -0.336 e. The van der Waals surface area contributed by atoms with Gasteiger partial charge in [-0.05, 0) is 12.1 Å². The van der Waals surface area contributed by atoms with Crippen LogP contribution in [0.25, 0.3) is 0 Å². The van der Waals surface area contributed by atoms with Crippen LogP contribution in [0.4, 0.5) is 5.69 Å². The smallest absolute Gasteiger partial charge is 0.283 e. The van der Waals surface area contributed by atoms with E-state index in [0.717, 1.165) is 5.82 Å². The molecule has 3 rings (SSSR count). The number of imidazole rings is 1. The summed E-state index contributed by atoms with van der Waals surface area (Å²) in [6.07, 6.45) is 3.47. The topological polar surface area (TPSA) is 93.3 Å². The first kappa shape index (κ1) is 16.4. The molecule has 1 amide bonds. The summed E-state index contributed by atoms with van der Waals surface area (Å²) in [6.45, 7) is 1.60. The maximum absolute atomic E-state index is 13.0. The van der Waals surface area contributed by atoms with E-state index in [9.17, 15) is 14.9 Å². The maximum Gasteiger partial charge on any atom is 0.283 e. The molecule has 1 aliphatic heterocycles. The Kier molecular flexibility index (Phi) is 4.50. The van der Waals surface area contributed by atoms with Gasteiger partial charge in [0.1, 0.15) is 17.4 Å². The average Bonchev–Trinajstić information content (AvgIpc) is 3.00. The van der Waals surface area contributed by atoms with Crippen molar-refractivity contribution >= 4 is 23.2 Å². The summed E-state index contributed by atoms with van der Waals surface area (Å²) >= 11 is 5.83. The third-order valence-corrected chi connectivity index (χ3v) is 4.28. The molecule has 1 fully saturated rings. The predicted octanol–water partition coefficient (Wildman–Crippen LogP) is 1.77. The van der Waals surface area contributed by atoms with Gasteiger partial charge in [-0.15, -0.1) is 0 Å². The van der Waals surface area contributed by atoms with E-state index in [-0.39, 0.29) is 22.3 Å². The quantitative estimate of drug-likeness (QED) is 0.673.